The van der Waals surface area contributed by atoms with Crippen molar-refractivity contribution in [2.75, 3.05) is 37.7 Å². The van der Waals surface area contributed by atoms with Crippen LogP contribution in [0.3, 0.4) is 0 Å². The van der Waals surface area contributed by atoms with Crippen LogP contribution in [0.25, 0.3) is 0 Å². The van der Waals surface area contributed by atoms with E-state index in [2.05, 4.69) is 28.3 Å². The summed E-state index contributed by atoms with van der Waals surface area (Å²) in [6.45, 7) is 14.1. The van der Waals surface area contributed by atoms with Crippen LogP contribution < -0.4 is 9.64 Å². The van der Waals surface area contributed by atoms with E-state index >= 15 is 0 Å². The molecule has 0 N–H and O–H groups in total. The third kappa shape index (κ3) is 5.77. The van der Waals surface area contributed by atoms with Gasteiger partial charge in [0.15, 0.2) is 5.90 Å². The van der Waals surface area contributed by atoms with E-state index in [1.165, 1.54) is 12.5 Å². The molecule has 0 spiro atoms. The van der Waals surface area contributed by atoms with E-state index in [9.17, 15) is 4.39 Å². The molecule has 30 heavy (non-hydrogen) atoms. The van der Waals surface area contributed by atoms with Gasteiger partial charge in [0, 0.05) is 52.0 Å². The molecule has 0 unspecified atom stereocenters. The van der Waals surface area contributed by atoms with E-state index in [0.29, 0.717) is 29.9 Å². The molecule has 1 aromatic carbocycles. The number of piperidine rings is 1. The largest absolute Gasteiger partial charge is 0.494 e. The number of rotatable bonds is 7. The molecule has 1 aromatic rings. The van der Waals surface area contributed by atoms with Crippen LogP contribution in [0.5, 0.6) is 5.75 Å². The van der Waals surface area contributed by atoms with Crippen molar-refractivity contribution in [2.45, 2.75) is 46.1 Å². The standard InChI is InChI=1S/C24H34FN3O2/c1-5-20(28-12-9-18(3)17-28)16-26-19(4)30-21-10-13-27(14-11-21)24-15-22(29-6-2)7-8-23(24)25/h5,7-8,15-16,18,21H,1,6,9-14,17H2,2-4H3/b20-16+,26-19?/t18-/m1/s1. The van der Waals surface area contributed by atoms with Crippen LogP contribution in [0.1, 0.15) is 40.0 Å². The topological polar surface area (TPSA) is 37.3 Å². The number of ether oxygens (including phenoxy) is 2. The van der Waals surface area contributed by atoms with Gasteiger partial charge in [-0.25, -0.2) is 9.38 Å². The van der Waals surface area contributed by atoms with Crippen molar-refractivity contribution in [3.8, 4) is 5.75 Å². The number of benzene rings is 1. The van der Waals surface area contributed by atoms with Gasteiger partial charge >= 0.3 is 0 Å². The van der Waals surface area contributed by atoms with Crippen molar-refractivity contribution in [2.24, 2.45) is 10.9 Å². The molecule has 6 heteroatoms. The van der Waals surface area contributed by atoms with Gasteiger partial charge in [-0.1, -0.05) is 13.5 Å². The van der Waals surface area contributed by atoms with Crippen molar-refractivity contribution < 1.29 is 13.9 Å². The van der Waals surface area contributed by atoms with E-state index in [-0.39, 0.29) is 11.9 Å². The number of nitrogens with zero attached hydrogens (tertiary/aromatic N) is 3. The Morgan fingerprint density at radius 1 is 1.27 bits per heavy atom. The highest BCUT2D eigenvalue weighted by Crippen LogP contribution is 2.28. The SMILES string of the molecule is C=C/C(=C\N=C(C)OC1CCN(c2cc(OCC)ccc2F)CC1)N1CC[C@@H](C)C1. The molecule has 0 amide bonds. The third-order valence-electron chi connectivity index (χ3n) is 5.73. The predicted octanol–water partition coefficient (Wildman–Crippen LogP) is 5.00. The summed E-state index contributed by atoms with van der Waals surface area (Å²) in [6, 6.07) is 4.93. The Bertz CT molecular complexity index is 785. The second kappa shape index (κ2) is 10.5. The first-order valence-electron chi connectivity index (χ1n) is 11.0. The fraction of sp³-hybridized carbons (Fsp3) is 0.542. The predicted molar refractivity (Wildman–Crippen MR) is 121 cm³/mol. The molecule has 0 aliphatic carbocycles. The third-order valence-corrected chi connectivity index (χ3v) is 5.73. The molecule has 2 aliphatic heterocycles. The first kappa shape index (κ1) is 22.2. The number of allylic oxidation sites excluding steroid dienone is 1. The van der Waals surface area contributed by atoms with Gasteiger partial charge in [0.05, 0.1) is 24.2 Å². The minimum atomic E-state index is -0.214. The van der Waals surface area contributed by atoms with Crippen molar-refractivity contribution >= 4 is 11.6 Å². The Labute approximate surface area is 179 Å². The Morgan fingerprint density at radius 2 is 2.03 bits per heavy atom. The average molecular weight is 416 g/mol. The molecule has 2 aliphatic rings. The zero-order valence-corrected chi connectivity index (χ0v) is 18.4. The van der Waals surface area contributed by atoms with E-state index in [1.807, 2.05) is 26.1 Å². The lowest BCUT2D eigenvalue weighted by Gasteiger charge is -2.33. The summed E-state index contributed by atoms with van der Waals surface area (Å²) in [5.41, 5.74) is 1.64. The highest BCUT2D eigenvalue weighted by atomic mass is 19.1. The van der Waals surface area contributed by atoms with Crippen LogP contribution in [0, 0.1) is 11.7 Å². The van der Waals surface area contributed by atoms with Crippen molar-refractivity contribution in [1.29, 1.82) is 0 Å². The second-order valence-electron chi connectivity index (χ2n) is 8.10. The fourth-order valence-electron chi connectivity index (χ4n) is 4.07. The Morgan fingerprint density at radius 3 is 2.67 bits per heavy atom. The number of aliphatic imine (C=N–C) groups is 1. The lowest BCUT2D eigenvalue weighted by Crippen LogP contribution is -2.38. The summed E-state index contributed by atoms with van der Waals surface area (Å²) in [5, 5.41) is 0. The molecule has 2 heterocycles. The minimum Gasteiger partial charge on any atom is -0.494 e. The van der Waals surface area contributed by atoms with E-state index in [0.717, 1.165) is 44.7 Å². The average Bonchev–Trinajstić information content (AvgIpc) is 3.17. The highest BCUT2D eigenvalue weighted by molar-refractivity contribution is 5.74. The smallest absolute Gasteiger partial charge is 0.184 e. The zero-order chi connectivity index (χ0) is 21.5. The molecule has 3 rings (SSSR count). The van der Waals surface area contributed by atoms with Gasteiger partial charge in [-0.05, 0) is 37.5 Å². The van der Waals surface area contributed by atoms with Gasteiger partial charge in [0.25, 0.3) is 0 Å². The maximum atomic E-state index is 14.3. The first-order valence-corrected chi connectivity index (χ1v) is 11.0. The highest BCUT2D eigenvalue weighted by Gasteiger charge is 2.23. The van der Waals surface area contributed by atoms with E-state index < -0.39 is 0 Å². The summed E-state index contributed by atoms with van der Waals surface area (Å²) in [6.07, 6.45) is 6.66. The molecule has 0 aromatic heterocycles. The zero-order valence-electron chi connectivity index (χ0n) is 18.4. The van der Waals surface area contributed by atoms with Gasteiger partial charge in [-0.2, -0.15) is 0 Å². The number of halogens is 1. The normalized spacial score (nSPS) is 21.1. The fourth-order valence-corrected chi connectivity index (χ4v) is 4.07. The van der Waals surface area contributed by atoms with Gasteiger partial charge in [-0.15, -0.1) is 0 Å². The van der Waals surface area contributed by atoms with Crippen LogP contribution in [-0.2, 0) is 4.74 Å². The first-order chi connectivity index (χ1) is 14.5. The molecule has 164 valence electrons. The van der Waals surface area contributed by atoms with Gasteiger partial charge in [0.2, 0.25) is 0 Å². The Kier molecular flexibility index (Phi) is 7.77. The molecule has 0 radical (unpaired) electrons. The van der Waals surface area contributed by atoms with Crippen LogP contribution in [0.15, 0.2) is 47.7 Å². The molecule has 2 fully saturated rings. The second-order valence-corrected chi connectivity index (χ2v) is 8.10. The molecular weight excluding hydrogens is 381 g/mol. The monoisotopic (exact) mass is 415 g/mol. The molecule has 0 bridgehead atoms. The summed E-state index contributed by atoms with van der Waals surface area (Å²) in [7, 11) is 0. The number of likely N-dealkylation sites (tertiary alicyclic amines) is 1. The van der Waals surface area contributed by atoms with Gasteiger partial charge < -0.3 is 19.3 Å². The maximum Gasteiger partial charge on any atom is 0.184 e. The molecule has 0 saturated carbocycles. The summed E-state index contributed by atoms with van der Waals surface area (Å²) >= 11 is 0. The lowest BCUT2D eigenvalue weighted by molar-refractivity contribution is 0.156. The van der Waals surface area contributed by atoms with Crippen molar-refractivity contribution in [3.63, 3.8) is 0 Å². The van der Waals surface area contributed by atoms with E-state index in [4.69, 9.17) is 9.47 Å². The maximum absolute atomic E-state index is 14.3. The minimum absolute atomic E-state index is 0.0931. The number of hydrogen-bond acceptors (Lipinski definition) is 5. The molecule has 2 saturated heterocycles. The van der Waals surface area contributed by atoms with E-state index in [1.54, 1.807) is 12.1 Å². The number of anilines is 1. The van der Waals surface area contributed by atoms with Gasteiger partial charge in [0.1, 0.15) is 17.7 Å². The summed E-state index contributed by atoms with van der Waals surface area (Å²) in [5.74, 6) is 1.85. The molecular formula is C24H34FN3O2. The number of hydrogen-bond donors (Lipinski definition) is 0. The van der Waals surface area contributed by atoms with Crippen LogP contribution in [-0.4, -0.2) is 49.7 Å². The van der Waals surface area contributed by atoms with Crippen molar-refractivity contribution in [3.05, 3.63) is 48.6 Å². The van der Waals surface area contributed by atoms with Crippen LogP contribution >= 0.6 is 0 Å². The van der Waals surface area contributed by atoms with Gasteiger partial charge in [-0.3, -0.25) is 0 Å². The summed E-state index contributed by atoms with van der Waals surface area (Å²) in [4.78, 5) is 8.89. The lowest BCUT2D eigenvalue weighted by atomic mass is 10.1. The Hall–Kier alpha value is -2.50. The van der Waals surface area contributed by atoms with Crippen LogP contribution in [0.2, 0.25) is 0 Å². The summed E-state index contributed by atoms with van der Waals surface area (Å²) < 4.78 is 25.9. The molecule has 1 atom stereocenters. The molecule has 5 nitrogen and oxygen atoms in total. The quantitative estimate of drug-likeness (QED) is 0.357. The van der Waals surface area contributed by atoms with Crippen LogP contribution in [0.4, 0.5) is 10.1 Å². The van der Waals surface area contributed by atoms with Crippen molar-refractivity contribution in [1.82, 2.24) is 4.90 Å². The Balaban J connectivity index is 1.54.